The maximum Gasteiger partial charge on any atom is 0.236 e. The second kappa shape index (κ2) is 9.13. The van der Waals surface area contributed by atoms with Gasteiger partial charge in [0.05, 0.1) is 11.4 Å². The SMILES string of the molecule is Cc1ccc(-c2nnc(SCC(=O)Nc3nc(-c4c(C)cc(C)cc4C)cs3)n2N)cc1. The largest absolute Gasteiger partial charge is 0.335 e. The minimum absolute atomic E-state index is 0.154. The molecule has 7 nitrogen and oxygen atoms in total. The molecular formula is C23H24N6OS2. The van der Waals surface area contributed by atoms with Gasteiger partial charge in [0.2, 0.25) is 11.1 Å². The van der Waals surface area contributed by atoms with Gasteiger partial charge in [-0.3, -0.25) is 4.79 Å². The Balaban J connectivity index is 1.40. The van der Waals surface area contributed by atoms with Gasteiger partial charge in [0.25, 0.3) is 0 Å². The third-order valence-corrected chi connectivity index (χ3v) is 6.69. The summed E-state index contributed by atoms with van der Waals surface area (Å²) in [5.74, 6) is 6.68. The van der Waals surface area contributed by atoms with Crippen LogP contribution in [0.2, 0.25) is 0 Å². The van der Waals surface area contributed by atoms with E-state index in [2.05, 4.69) is 53.4 Å². The van der Waals surface area contributed by atoms with Gasteiger partial charge in [0.15, 0.2) is 11.0 Å². The van der Waals surface area contributed by atoms with Crippen molar-refractivity contribution in [3.8, 4) is 22.6 Å². The highest BCUT2D eigenvalue weighted by atomic mass is 32.2. The lowest BCUT2D eigenvalue weighted by Crippen LogP contribution is -2.16. The predicted molar refractivity (Wildman–Crippen MR) is 131 cm³/mol. The van der Waals surface area contributed by atoms with Crippen molar-refractivity contribution >= 4 is 34.1 Å². The second-order valence-corrected chi connectivity index (χ2v) is 9.49. The minimum Gasteiger partial charge on any atom is -0.335 e. The van der Waals surface area contributed by atoms with Gasteiger partial charge < -0.3 is 11.2 Å². The van der Waals surface area contributed by atoms with Crippen molar-refractivity contribution in [1.29, 1.82) is 0 Å². The second-order valence-electron chi connectivity index (χ2n) is 7.69. The zero-order valence-corrected chi connectivity index (χ0v) is 20.0. The number of thiazole rings is 1. The van der Waals surface area contributed by atoms with Crippen LogP contribution in [0.25, 0.3) is 22.6 Å². The number of thioether (sulfide) groups is 1. The molecular weight excluding hydrogens is 440 g/mol. The van der Waals surface area contributed by atoms with Gasteiger partial charge in [-0.1, -0.05) is 59.3 Å². The highest BCUT2D eigenvalue weighted by molar-refractivity contribution is 7.99. The van der Waals surface area contributed by atoms with Crippen molar-refractivity contribution in [2.45, 2.75) is 32.9 Å². The molecule has 2 heterocycles. The number of nitrogens with zero attached hydrogens (tertiary/aromatic N) is 4. The molecule has 2 aromatic carbocycles. The fourth-order valence-corrected chi connectivity index (χ4v) is 4.96. The molecule has 0 aliphatic carbocycles. The fourth-order valence-electron chi connectivity index (χ4n) is 3.59. The zero-order valence-electron chi connectivity index (χ0n) is 18.3. The Hall–Kier alpha value is -3.17. The molecule has 2 aromatic heterocycles. The average molecular weight is 465 g/mol. The summed E-state index contributed by atoms with van der Waals surface area (Å²) in [7, 11) is 0. The average Bonchev–Trinajstić information content (AvgIpc) is 3.33. The Kier molecular flexibility index (Phi) is 6.29. The Morgan fingerprint density at radius 3 is 2.44 bits per heavy atom. The lowest BCUT2D eigenvalue weighted by atomic mass is 9.98. The van der Waals surface area contributed by atoms with Crippen LogP contribution in [-0.2, 0) is 4.79 Å². The van der Waals surface area contributed by atoms with E-state index in [0.717, 1.165) is 22.4 Å². The molecule has 0 radical (unpaired) electrons. The van der Waals surface area contributed by atoms with Crippen molar-refractivity contribution in [2.24, 2.45) is 0 Å². The number of hydrogen-bond donors (Lipinski definition) is 2. The molecule has 9 heteroatoms. The standard InChI is InChI=1S/C23H24N6OS2/c1-13-5-7-17(8-6-13)21-27-28-23(29(21)24)32-12-19(30)26-22-25-18(11-31-22)20-15(3)9-14(2)10-16(20)4/h5-11H,12,24H2,1-4H3,(H,25,26,30). The molecule has 3 N–H and O–H groups in total. The number of rotatable bonds is 6. The van der Waals surface area contributed by atoms with Crippen LogP contribution in [0.3, 0.4) is 0 Å². The molecule has 0 spiro atoms. The first-order chi connectivity index (χ1) is 15.3. The van der Waals surface area contributed by atoms with Crippen LogP contribution in [0.5, 0.6) is 0 Å². The van der Waals surface area contributed by atoms with E-state index < -0.39 is 0 Å². The molecule has 0 aliphatic rings. The summed E-state index contributed by atoms with van der Waals surface area (Å²) in [5, 5.41) is 14.2. The van der Waals surface area contributed by atoms with Gasteiger partial charge in [-0.15, -0.1) is 21.5 Å². The molecule has 1 amide bonds. The van der Waals surface area contributed by atoms with Crippen LogP contribution >= 0.6 is 23.1 Å². The van der Waals surface area contributed by atoms with Crippen molar-refractivity contribution in [1.82, 2.24) is 19.9 Å². The van der Waals surface area contributed by atoms with E-state index in [0.29, 0.717) is 16.1 Å². The number of nitrogens with two attached hydrogens (primary N) is 1. The molecule has 164 valence electrons. The maximum atomic E-state index is 12.5. The first kappa shape index (κ1) is 22.0. The Morgan fingerprint density at radius 1 is 1.06 bits per heavy atom. The van der Waals surface area contributed by atoms with E-state index in [4.69, 9.17) is 5.84 Å². The predicted octanol–water partition coefficient (Wildman–Crippen LogP) is 4.75. The lowest BCUT2D eigenvalue weighted by Gasteiger charge is -2.08. The first-order valence-corrected chi connectivity index (χ1v) is 11.9. The van der Waals surface area contributed by atoms with Gasteiger partial charge in [-0.25, -0.2) is 9.66 Å². The maximum absolute atomic E-state index is 12.5. The highest BCUT2D eigenvalue weighted by Crippen LogP contribution is 2.31. The zero-order chi connectivity index (χ0) is 22.8. The molecule has 32 heavy (non-hydrogen) atoms. The fraction of sp³-hybridized carbons (Fsp3) is 0.217. The van der Waals surface area contributed by atoms with Crippen LogP contribution in [0.4, 0.5) is 5.13 Å². The summed E-state index contributed by atoms with van der Waals surface area (Å²) in [6.45, 7) is 8.26. The summed E-state index contributed by atoms with van der Waals surface area (Å²) in [4.78, 5) is 17.1. The number of nitrogen functional groups attached to an aromatic ring is 1. The molecule has 0 unspecified atom stereocenters. The van der Waals surface area contributed by atoms with Crippen molar-refractivity contribution in [2.75, 3.05) is 16.9 Å². The van der Waals surface area contributed by atoms with E-state index in [-0.39, 0.29) is 11.7 Å². The molecule has 0 saturated carbocycles. The van der Waals surface area contributed by atoms with Gasteiger partial charge in [-0.2, -0.15) is 0 Å². The number of aryl methyl sites for hydroxylation is 4. The molecule has 0 aliphatic heterocycles. The molecule has 4 aromatic rings. The number of amides is 1. The number of aromatic nitrogens is 4. The van der Waals surface area contributed by atoms with Crippen LogP contribution < -0.4 is 11.2 Å². The van der Waals surface area contributed by atoms with Gasteiger partial charge >= 0.3 is 0 Å². The number of anilines is 1. The topological polar surface area (TPSA) is 98.7 Å². The summed E-state index contributed by atoms with van der Waals surface area (Å²) in [6.07, 6.45) is 0. The normalized spacial score (nSPS) is 11.0. The highest BCUT2D eigenvalue weighted by Gasteiger charge is 2.16. The van der Waals surface area contributed by atoms with Gasteiger partial charge in [-0.05, 0) is 38.8 Å². The lowest BCUT2D eigenvalue weighted by molar-refractivity contribution is -0.113. The van der Waals surface area contributed by atoms with Crippen molar-refractivity contribution in [3.05, 3.63) is 64.0 Å². The van der Waals surface area contributed by atoms with E-state index in [9.17, 15) is 4.79 Å². The Bertz CT molecular complexity index is 1250. The van der Waals surface area contributed by atoms with E-state index in [1.54, 1.807) is 0 Å². The van der Waals surface area contributed by atoms with Crippen molar-refractivity contribution in [3.63, 3.8) is 0 Å². The molecule has 4 rings (SSSR count). The van der Waals surface area contributed by atoms with Crippen LogP contribution in [-0.4, -0.2) is 31.5 Å². The van der Waals surface area contributed by atoms with Crippen molar-refractivity contribution < 1.29 is 4.79 Å². The van der Waals surface area contributed by atoms with Gasteiger partial charge in [0, 0.05) is 16.5 Å². The van der Waals surface area contributed by atoms with Crippen LogP contribution in [0.15, 0.2) is 46.9 Å². The number of benzene rings is 2. The van der Waals surface area contributed by atoms with Crippen LogP contribution in [0.1, 0.15) is 22.3 Å². The van der Waals surface area contributed by atoms with Gasteiger partial charge in [0.1, 0.15) is 0 Å². The Morgan fingerprint density at radius 2 is 1.75 bits per heavy atom. The molecule has 0 saturated heterocycles. The van der Waals surface area contributed by atoms with E-state index in [1.807, 2.05) is 36.6 Å². The molecule has 0 bridgehead atoms. The summed E-state index contributed by atoms with van der Waals surface area (Å²) in [5.41, 5.74) is 7.59. The molecule has 0 atom stereocenters. The smallest absolute Gasteiger partial charge is 0.236 e. The third kappa shape index (κ3) is 4.68. The summed E-state index contributed by atoms with van der Waals surface area (Å²) in [6, 6.07) is 12.2. The van der Waals surface area contributed by atoms with E-state index in [1.165, 1.54) is 44.5 Å². The Labute approximate surface area is 195 Å². The summed E-state index contributed by atoms with van der Waals surface area (Å²) >= 11 is 2.64. The third-order valence-electron chi connectivity index (χ3n) is 4.99. The quantitative estimate of drug-likeness (QED) is 0.316. The minimum atomic E-state index is -0.173. The number of hydrogen-bond acceptors (Lipinski definition) is 7. The van der Waals surface area contributed by atoms with Crippen LogP contribution in [0, 0.1) is 27.7 Å². The number of carbonyl (C=O) groups excluding carboxylic acids is 1. The van der Waals surface area contributed by atoms with E-state index >= 15 is 0 Å². The number of nitrogens with one attached hydrogen (secondary N) is 1. The summed E-state index contributed by atoms with van der Waals surface area (Å²) < 4.78 is 1.41. The molecule has 0 fully saturated rings. The first-order valence-electron chi connectivity index (χ1n) is 10.1. The monoisotopic (exact) mass is 464 g/mol. The number of carbonyl (C=O) groups is 1.